The first-order valence-corrected chi connectivity index (χ1v) is 9.46. The molecule has 1 aromatic heterocycles. The van der Waals surface area contributed by atoms with Crippen molar-refractivity contribution in [2.24, 2.45) is 12.2 Å². The second-order valence-electron chi connectivity index (χ2n) is 6.25. The summed E-state index contributed by atoms with van der Waals surface area (Å²) in [4.78, 5) is 17.7. The third kappa shape index (κ3) is 4.65. The lowest BCUT2D eigenvalue weighted by molar-refractivity contribution is 0.101. The number of anilines is 1. The molecule has 1 heterocycles. The lowest BCUT2D eigenvalue weighted by Crippen LogP contribution is -2.14. The van der Waals surface area contributed by atoms with Crippen molar-refractivity contribution in [3.05, 3.63) is 70.5 Å². The van der Waals surface area contributed by atoms with Gasteiger partial charge in [-0.2, -0.15) is 5.10 Å². The third-order valence-corrected chi connectivity index (χ3v) is 4.67. The Morgan fingerprint density at radius 1 is 1.27 bits per heavy atom. The minimum absolute atomic E-state index is 0.154. The molecule has 0 fully saturated rings. The van der Waals surface area contributed by atoms with Crippen molar-refractivity contribution in [3.8, 4) is 11.1 Å². The molecule has 2 aromatic carbocycles. The number of halogens is 3. The molecule has 156 valence electrons. The van der Waals surface area contributed by atoms with Crippen LogP contribution in [0.3, 0.4) is 0 Å². The van der Waals surface area contributed by atoms with E-state index < -0.39 is 18.0 Å². The zero-order chi connectivity index (χ0) is 21.7. The van der Waals surface area contributed by atoms with Gasteiger partial charge in [0.25, 0.3) is 12.3 Å². The summed E-state index contributed by atoms with van der Waals surface area (Å²) in [7, 11) is 1.40. The molecule has 1 N–H and O–H groups in total. The van der Waals surface area contributed by atoms with Gasteiger partial charge >= 0.3 is 0 Å². The average molecular weight is 433 g/mol. The summed E-state index contributed by atoms with van der Waals surface area (Å²) >= 11 is 6.03. The van der Waals surface area contributed by atoms with Crippen LogP contribution >= 0.6 is 11.6 Å². The van der Waals surface area contributed by atoms with E-state index >= 15 is 0 Å². The van der Waals surface area contributed by atoms with Gasteiger partial charge in [0.05, 0.1) is 6.21 Å². The summed E-state index contributed by atoms with van der Waals surface area (Å²) in [5.74, 6) is -0.753. The van der Waals surface area contributed by atoms with Crippen molar-refractivity contribution in [2.75, 3.05) is 11.9 Å². The number of oxime groups is 1. The van der Waals surface area contributed by atoms with Gasteiger partial charge in [0.1, 0.15) is 23.0 Å². The molecular weight excluding hydrogens is 414 g/mol. The highest BCUT2D eigenvalue weighted by Gasteiger charge is 2.27. The minimum Gasteiger partial charge on any atom is -0.396 e. The van der Waals surface area contributed by atoms with E-state index in [0.29, 0.717) is 12.3 Å². The number of aryl methyl sites for hydroxylation is 1. The molecule has 3 aromatic rings. The van der Waals surface area contributed by atoms with Gasteiger partial charge in [-0.15, -0.1) is 0 Å². The van der Waals surface area contributed by atoms with Crippen molar-refractivity contribution >= 4 is 29.4 Å². The Morgan fingerprint density at radius 2 is 1.97 bits per heavy atom. The van der Waals surface area contributed by atoms with Crippen molar-refractivity contribution in [1.82, 2.24) is 9.78 Å². The fourth-order valence-electron chi connectivity index (χ4n) is 2.84. The molecule has 0 radical (unpaired) electrons. The Bertz CT molecular complexity index is 1070. The lowest BCUT2D eigenvalue weighted by atomic mass is 10.0. The van der Waals surface area contributed by atoms with Gasteiger partial charge in [-0.1, -0.05) is 59.2 Å². The molecule has 30 heavy (non-hydrogen) atoms. The van der Waals surface area contributed by atoms with Crippen LogP contribution < -0.4 is 5.32 Å². The number of amides is 1. The van der Waals surface area contributed by atoms with E-state index in [0.717, 1.165) is 21.4 Å². The maximum atomic E-state index is 13.3. The molecule has 0 aliphatic rings. The van der Waals surface area contributed by atoms with E-state index in [1.165, 1.54) is 7.05 Å². The van der Waals surface area contributed by atoms with Crippen LogP contribution in [0, 0.1) is 0 Å². The summed E-state index contributed by atoms with van der Waals surface area (Å²) in [6.07, 6.45) is -1.33. The fourth-order valence-corrected chi connectivity index (χ4v) is 3.06. The summed E-state index contributed by atoms with van der Waals surface area (Å²) in [6, 6.07) is 14.5. The molecule has 9 heteroatoms. The SMILES string of the molecule is CCO/N=C/c1ccc(-c2ccccc2NC(=O)c2c(C(F)F)nn(C)c2Cl)cc1. The van der Waals surface area contributed by atoms with Crippen LogP contribution in [0.15, 0.2) is 53.7 Å². The molecule has 0 bridgehead atoms. The number of alkyl halides is 2. The highest BCUT2D eigenvalue weighted by Crippen LogP contribution is 2.31. The zero-order valence-corrected chi connectivity index (χ0v) is 17.0. The molecule has 0 atom stereocenters. The van der Waals surface area contributed by atoms with Gasteiger partial charge in [0, 0.05) is 18.3 Å². The Hall–Kier alpha value is -3.26. The van der Waals surface area contributed by atoms with Gasteiger partial charge < -0.3 is 10.2 Å². The number of nitrogens with one attached hydrogen (secondary N) is 1. The van der Waals surface area contributed by atoms with Gasteiger partial charge in [0.15, 0.2) is 0 Å². The summed E-state index contributed by atoms with van der Waals surface area (Å²) < 4.78 is 27.6. The zero-order valence-electron chi connectivity index (χ0n) is 16.3. The Kier molecular flexibility index (Phi) is 6.79. The highest BCUT2D eigenvalue weighted by molar-refractivity contribution is 6.33. The van der Waals surface area contributed by atoms with Crippen LogP contribution in [-0.2, 0) is 11.9 Å². The number of aromatic nitrogens is 2. The second kappa shape index (κ2) is 9.49. The number of benzene rings is 2. The van der Waals surface area contributed by atoms with Gasteiger partial charge in [-0.25, -0.2) is 8.78 Å². The monoisotopic (exact) mass is 432 g/mol. The molecule has 1 amide bonds. The van der Waals surface area contributed by atoms with Gasteiger partial charge in [-0.3, -0.25) is 9.48 Å². The smallest absolute Gasteiger partial charge is 0.283 e. The van der Waals surface area contributed by atoms with Crippen LogP contribution in [0.25, 0.3) is 11.1 Å². The molecule has 0 unspecified atom stereocenters. The maximum absolute atomic E-state index is 13.3. The van der Waals surface area contributed by atoms with E-state index in [2.05, 4.69) is 15.6 Å². The quantitative estimate of drug-likeness (QED) is 0.407. The first-order chi connectivity index (χ1) is 14.4. The Morgan fingerprint density at radius 3 is 2.63 bits per heavy atom. The molecule has 0 aliphatic heterocycles. The normalized spacial score (nSPS) is 11.3. The predicted molar refractivity (Wildman–Crippen MR) is 112 cm³/mol. The fraction of sp³-hybridized carbons (Fsp3) is 0.190. The molecule has 0 saturated carbocycles. The van der Waals surface area contributed by atoms with Crippen LogP contribution in [0.1, 0.15) is 35.0 Å². The Labute approximate surface area is 177 Å². The van der Waals surface area contributed by atoms with Crippen molar-refractivity contribution in [1.29, 1.82) is 0 Å². The van der Waals surface area contributed by atoms with Crippen molar-refractivity contribution in [2.45, 2.75) is 13.3 Å². The van der Waals surface area contributed by atoms with Gasteiger partial charge in [0.2, 0.25) is 0 Å². The summed E-state index contributed by atoms with van der Waals surface area (Å²) in [5.41, 5.74) is 1.85. The number of hydrogen-bond donors (Lipinski definition) is 1. The minimum atomic E-state index is -2.93. The van der Waals surface area contributed by atoms with Crippen LogP contribution in [-0.4, -0.2) is 28.5 Å². The molecule has 6 nitrogen and oxygen atoms in total. The van der Waals surface area contributed by atoms with Crippen LogP contribution in [0.4, 0.5) is 14.5 Å². The van der Waals surface area contributed by atoms with E-state index in [1.807, 2.05) is 43.3 Å². The number of para-hydroxylation sites is 1. The lowest BCUT2D eigenvalue weighted by Gasteiger charge is -2.12. The molecule has 3 rings (SSSR count). The number of rotatable bonds is 7. The van der Waals surface area contributed by atoms with E-state index in [4.69, 9.17) is 16.4 Å². The van der Waals surface area contributed by atoms with Crippen LogP contribution in [0.5, 0.6) is 0 Å². The Balaban J connectivity index is 1.89. The molecule has 0 aliphatic carbocycles. The van der Waals surface area contributed by atoms with Gasteiger partial charge in [-0.05, 0) is 24.1 Å². The summed E-state index contributed by atoms with van der Waals surface area (Å²) in [6.45, 7) is 2.32. The second-order valence-corrected chi connectivity index (χ2v) is 6.61. The van der Waals surface area contributed by atoms with Crippen molar-refractivity contribution in [3.63, 3.8) is 0 Å². The molecule has 0 saturated heterocycles. The number of hydrogen-bond acceptors (Lipinski definition) is 4. The largest absolute Gasteiger partial charge is 0.396 e. The van der Waals surface area contributed by atoms with Crippen molar-refractivity contribution < 1.29 is 18.4 Å². The molecular formula is C21H19ClF2N4O2. The van der Waals surface area contributed by atoms with E-state index in [9.17, 15) is 13.6 Å². The average Bonchev–Trinajstić information content (AvgIpc) is 3.04. The maximum Gasteiger partial charge on any atom is 0.283 e. The third-order valence-electron chi connectivity index (χ3n) is 4.24. The number of carbonyl (C=O) groups is 1. The van der Waals surface area contributed by atoms with E-state index in [-0.39, 0.29) is 10.7 Å². The standard InChI is InChI=1S/C21H19ClF2N4O2/c1-3-30-25-12-13-8-10-14(11-9-13)15-6-4-5-7-16(15)26-21(29)17-18(20(23)24)27-28(2)19(17)22/h4-12,20H,3H2,1-2H3,(H,26,29)/b25-12+. The molecule has 0 spiro atoms. The predicted octanol–water partition coefficient (Wildman–Crippen LogP) is 5.30. The van der Waals surface area contributed by atoms with E-state index in [1.54, 1.807) is 18.3 Å². The first kappa shape index (κ1) is 21.4. The number of nitrogens with zero attached hydrogens (tertiary/aromatic N) is 3. The number of carbonyl (C=O) groups excluding carboxylic acids is 1. The first-order valence-electron chi connectivity index (χ1n) is 9.09. The summed E-state index contributed by atoms with van der Waals surface area (Å²) in [5, 5.41) is 9.99. The topological polar surface area (TPSA) is 68.5 Å². The highest BCUT2D eigenvalue weighted by atomic mass is 35.5. The van der Waals surface area contributed by atoms with Crippen LogP contribution in [0.2, 0.25) is 5.15 Å².